The second-order valence-corrected chi connectivity index (χ2v) is 7.85. The summed E-state index contributed by atoms with van der Waals surface area (Å²) in [6.45, 7) is 5.61. The van der Waals surface area contributed by atoms with Crippen LogP contribution in [0.3, 0.4) is 0 Å². The van der Waals surface area contributed by atoms with Crippen molar-refractivity contribution in [1.82, 2.24) is 0 Å². The Morgan fingerprint density at radius 1 is 0.903 bits per heavy atom. The molecule has 0 amide bonds. The number of carbonyl (C=O) groups excluding carboxylic acids is 2. The number of benzene rings is 1. The summed E-state index contributed by atoms with van der Waals surface area (Å²) in [5.41, 5.74) is -9.86. The maximum absolute atomic E-state index is 13.3. The molecule has 0 radical (unpaired) electrons. The Balaban J connectivity index is 3.17. The van der Waals surface area contributed by atoms with E-state index in [0.717, 1.165) is 24.3 Å². The largest absolute Gasteiger partial charge is 0.453 e. The molecular weight excluding hydrogens is 436 g/mol. The summed E-state index contributed by atoms with van der Waals surface area (Å²) in [7, 11) is 0. The molecule has 0 atom stereocenters. The molecule has 0 unspecified atom stereocenters. The van der Waals surface area contributed by atoms with E-state index in [1.807, 2.05) is 0 Å². The highest BCUT2D eigenvalue weighted by Gasteiger charge is 2.81. The Kier molecular flexibility index (Phi) is 7.20. The van der Waals surface area contributed by atoms with E-state index in [0.29, 0.717) is 6.42 Å². The molecule has 0 heterocycles. The topological polar surface area (TPSA) is 82.0 Å². The molecule has 1 aromatic carbocycles. The van der Waals surface area contributed by atoms with Gasteiger partial charge in [0.05, 0.1) is 11.0 Å². The first-order valence-electron chi connectivity index (χ1n) is 8.90. The summed E-state index contributed by atoms with van der Waals surface area (Å²) in [5, 5.41) is 1.32. The summed E-state index contributed by atoms with van der Waals surface area (Å²) in [6, 6.07) is 4.20. The zero-order chi connectivity index (χ0) is 24.5. The van der Waals surface area contributed by atoms with Crippen molar-refractivity contribution in [3.63, 3.8) is 0 Å². The summed E-state index contributed by atoms with van der Waals surface area (Å²) in [5.74, 6) is -2.15. The lowest BCUT2D eigenvalue weighted by molar-refractivity contribution is -0.332. The van der Waals surface area contributed by atoms with E-state index in [4.69, 9.17) is 4.74 Å². The van der Waals surface area contributed by atoms with Crippen LogP contribution < -0.4 is 4.74 Å². The predicted octanol–water partition coefficient (Wildman–Crippen LogP) is 5.59. The van der Waals surface area contributed by atoms with Crippen LogP contribution in [0.4, 0.5) is 26.3 Å². The van der Waals surface area contributed by atoms with E-state index < -0.39 is 46.4 Å². The van der Waals surface area contributed by atoms with Crippen molar-refractivity contribution >= 4 is 11.9 Å². The Hall–Kier alpha value is -2.66. The second kappa shape index (κ2) is 8.46. The molecule has 6 nitrogen and oxygen atoms in total. The molecule has 0 saturated carbocycles. The van der Waals surface area contributed by atoms with Crippen LogP contribution in [0.15, 0.2) is 29.4 Å². The molecule has 0 bridgehead atoms. The molecule has 12 heteroatoms. The van der Waals surface area contributed by atoms with Crippen molar-refractivity contribution < 1.29 is 45.4 Å². The summed E-state index contributed by atoms with van der Waals surface area (Å²) in [6.07, 6.45) is -11.9. The Labute approximate surface area is 173 Å². The summed E-state index contributed by atoms with van der Waals surface area (Å²) >= 11 is 0. The van der Waals surface area contributed by atoms with E-state index in [9.17, 15) is 40.8 Å². The lowest BCUT2D eigenvalue weighted by Crippen LogP contribution is -2.68. The summed E-state index contributed by atoms with van der Waals surface area (Å²) in [4.78, 5) is 35.1. The Morgan fingerprint density at radius 3 is 1.71 bits per heavy atom. The van der Waals surface area contributed by atoms with Gasteiger partial charge in [-0.05, 0) is 63.6 Å². The average Bonchev–Trinajstić information content (AvgIpc) is 2.59. The highest BCUT2D eigenvalue weighted by atomic mass is 19.4. The van der Waals surface area contributed by atoms with Crippen molar-refractivity contribution in [2.75, 3.05) is 0 Å². The van der Waals surface area contributed by atoms with Gasteiger partial charge < -0.3 is 9.47 Å². The first-order chi connectivity index (χ1) is 13.9. The molecule has 0 aliphatic carbocycles. The number of halogens is 6. The monoisotopic (exact) mass is 457 g/mol. The minimum absolute atomic E-state index is 0.00294. The van der Waals surface area contributed by atoms with Crippen LogP contribution in [0.2, 0.25) is 0 Å². The normalized spacial score (nSPS) is 13.5. The minimum atomic E-state index is -6.19. The van der Waals surface area contributed by atoms with Crippen LogP contribution in [0.25, 0.3) is 0 Å². The molecule has 0 spiro atoms. The molecule has 0 aromatic heterocycles. The first kappa shape index (κ1) is 26.4. The smallest absolute Gasteiger partial charge is 0.430 e. The minimum Gasteiger partial charge on any atom is -0.453 e. The fourth-order valence-electron chi connectivity index (χ4n) is 2.47. The van der Waals surface area contributed by atoms with Gasteiger partial charge in [-0.15, -0.1) is 4.91 Å². The highest BCUT2D eigenvalue weighted by Crippen LogP contribution is 2.53. The molecule has 0 aliphatic rings. The summed E-state index contributed by atoms with van der Waals surface area (Å²) < 4.78 is 89.2. The van der Waals surface area contributed by atoms with Gasteiger partial charge in [0.25, 0.3) is 0 Å². The van der Waals surface area contributed by atoms with Gasteiger partial charge in [-0.25, -0.2) is 4.79 Å². The number of esters is 2. The highest BCUT2D eigenvalue weighted by molar-refractivity contribution is 5.90. The van der Waals surface area contributed by atoms with Crippen LogP contribution in [0, 0.1) is 10.3 Å². The van der Waals surface area contributed by atoms with E-state index in [-0.39, 0.29) is 19.6 Å². The van der Waals surface area contributed by atoms with Crippen molar-refractivity contribution in [3.8, 4) is 5.75 Å². The van der Waals surface area contributed by atoms with Gasteiger partial charge in [-0.3, -0.25) is 4.79 Å². The van der Waals surface area contributed by atoms with Crippen molar-refractivity contribution in [2.45, 2.75) is 64.5 Å². The number of hydrogen-bond acceptors (Lipinski definition) is 6. The number of nitroso groups, excluding NO2 is 1. The third-order valence-electron chi connectivity index (χ3n) is 4.91. The lowest BCUT2D eigenvalue weighted by atomic mass is 9.81. The Bertz CT molecular complexity index is 814. The maximum atomic E-state index is 13.3. The second-order valence-electron chi connectivity index (χ2n) is 7.85. The number of alkyl halides is 6. The van der Waals surface area contributed by atoms with Crippen LogP contribution in [-0.4, -0.2) is 35.4 Å². The Morgan fingerprint density at radius 2 is 1.35 bits per heavy atom. The first-order valence-corrected chi connectivity index (χ1v) is 8.90. The number of ether oxygens (including phenoxy) is 2. The zero-order valence-electron chi connectivity index (χ0n) is 17.3. The fourth-order valence-corrected chi connectivity index (χ4v) is 2.47. The fraction of sp³-hybridized carbons (Fsp3) is 0.579. The quantitative estimate of drug-likeness (QED) is 0.231. The third kappa shape index (κ3) is 4.99. The number of rotatable bonds is 7. The lowest BCUT2D eigenvalue weighted by Gasteiger charge is -2.41. The molecular formula is C19H21F6NO5. The van der Waals surface area contributed by atoms with Crippen molar-refractivity contribution in [1.29, 1.82) is 0 Å². The van der Waals surface area contributed by atoms with Crippen LogP contribution in [-0.2, 0) is 9.53 Å². The van der Waals surface area contributed by atoms with Gasteiger partial charge in [-0.2, -0.15) is 26.3 Å². The van der Waals surface area contributed by atoms with Crippen molar-refractivity contribution in [3.05, 3.63) is 34.7 Å². The van der Waals surface area contributed by atoms with Gasteiger partial charge in [0.2, 0.25) is 0 Å². The number of nitrogens with zero attached hydrogens (tertiary/aromatic N) is 1. The van der Waals surface area contributed by atoms with Crippen molar-refractivity contribution in [2.24, 2.45) is 10.6 Å². The number of carbonyl (C=O) groups is 2. The van der Waals surface area contributed by atoms with E-state index >= 15 is 0 Å². The van der Waals surface area contributed by atoms with E-state index in [1.54, 1.807) is 20.8 Å². The number of hydrogen-bond donors (Lipinski definition) is 0. The van der Waals surface area contributed by atoms with E-state index in [1.165, 1.54) is 5.18 Å². The van der Waals surface area contributed by atoms with Gasteiger partial charge in [0, 0.05) is 0 Å². The molecule has 31 heavy (non-hydrogen) atoms. The SMILES string of the molecule is CCC(C)(C)C(=O)Oc1ccc(C(=O)OC(C)(C)C(N=O)(C(F)(F)F)C(F)(F)F)cc1. The molecule has 174 valence electrons. The molecule has 1 rings (SSSR count). The van der Waals surface area contributed by atoms with Gasteiger partial charge >= 0.3 is 29.8 Å². The van der Waals surface area contributed by atoms with Gasteiger partial charge in [0.15, 0.2) is 5.60 Å². The standard InChI is InChI=1S/C19H21F6NO5/c1-6-15(2,3)14(28)30-12-9-7-11(8-10-12)13(27)31-16(4,5)17(26-29,18(20,21)22)19(23,24)25/h7-10H,6H2,1-5H3. The van der Waals surface area contributed by atoms with Gasteiger partial charge in [0.1, 0.15) is 5.75 Å². The molecule has 1 aromatic rings. The van der Waals surface area contributed by atoms with Crippen LogP contribution in [0.1, 0.15) is 51.4 Å². The molecule has 0 saturated heterocycles. The van der Waals surface area contributed by atoms with Crippen LogP contribution in [0.5, 0.6) is 5.75 Å². The van der Waals surface area contributed by atoms with Crippen LogP contribution >= 0.6 is 0 Å². The predicted molar refractivity (Wildman–Crippen MR) is 96.3 cm³/mol. The average molecular weight is 457 g/mol. The molecule has 0 aliphatic heterocycles. The molecule has 0 fully saturated rings. The third-order valence-corrected chi connectivity index (χ3v) is 4.91. The van der Waals surface area contributed by atoms with Gasteiger partial charge in [-0.1, -0.05) is 6.92 Å². The zero-order valence-corrected chi connectivity index (χ0v) is 17.3. The van der Waals surface area contributed by atoms with E-state index in [2.05, 4.69) is 4.74 Å². The maximum Gasteiger partial charge on any atom is 0.430 e. The molecule has 0 N–H and O–H groups in total.